The molecule has 1 N–H and O–H groups in total. The van der Waals surface area contributed by atoms with Crippen molar-refractivity contribution in [3.8, 4) is 11.3 Å². The van der Waals surface area contributed by atoms with Crippen LogP contribution in [0.4, 0.5) is 10.5 Å². The number of furan rings is 1. The van der Waals surface area contributed by atoms with Crippen LogP contribution in [-0.4, -0.2) is 15.2 Å². The van der Waals surface area contributed by atoms with Crippen molar-refractivity contribution in [1.82, 2.24) is 5.32 Å². The number of aryl methyl sites for hydroxylation is 1. The summed E-state index contributed by atoms with van der Waals surface area (Å²) in [6.07, 6.45) is 1.69. The maximum Gasteiger partial charge on any atom is 0.289 e. The van der Waals surface area contributed by atoms with E-state index in [1.807, 2.05) is 0 Å². The van der Waals surface area contributed by atoms with Crippen LogP contribution in [-0.2, 0) is 0 Å². The van der Waals surface area contributed by atoms with Gasteiger partial charge in [-0.05, 0) is 49.0 Å². The summed E-state index contributed by atoms with van der Waals surface area (Å²) in [4.78, 5) is 22.7. The molecule has 0 atom stereocenters. The van der Waals surface area contributed by atoms with Crippen LogP contribution in [0, 0.1) is 17.0 Å². The maximum absolute atomic E-state index is 11.2. The molecule has 23 heavy (non-hydrogen) atoms. The molecule has 2 aromatic rings. The molecule has 1 fully saturated rings. The Bertz CT molecular complexity index is 870. The van der Waals surface area contributed by atoms with Crippen LogP contribution in [0.5, 0.6) is 0 Å². The highest BCUT2D eigenvalue weighted by atomic mass is 32.2. The number of nitro benzene ring substituents is 1. The highest BCUT2D eigenvalue weighted by molar-refractivity contribution is 8.19. The van der Waals surface area contributed by atoms with Crippen molar-refractivity contribution in [3.63, 3.8) is 0 Å². The molecule has 1 aromatic carbocycles. The lowest BCUT2D eigenvalue weighted by Crippen LogP contribution is -2.15. The number of hydrogen-bond acceptors (Lipinski definition) is 6. The van der Waals surface area contributed by atoms with Gasteiger partial charge < -0.3 is 9.73 Å². The first kappa shape index (κ1) is 15.4. The fraction of sp³-hybridized carbons (Fsp3) is 0.0667. The van der Waals surface area contributed by atoms with Gasteiger partial charge in [-0.3, -0.25) is 14.9 Å². The van der Waals surface area contributed by atoms with Gasteiger partial charge in [-0.2, -0.15) is 0 Å². The van der Waals surface area contributed by atoms with E-state index in [2.05, 4.69) is 5.32 Å². The van der Waals surface area contributed by atoms with Crippen LogP contribution >= 0.6 is 24.0 Å². The van der Waals surface area contributed by atoms with Crippen LogP contribution in [0.25, 0.3) is 17.4 Å². The van der Waals surface area contributed by atoms with E-state index in [-0.39, 0.29) is 10.9 Å². The third-order valence-corrected chi connectivity index (χ3v) is 4.50. The van der Waals surface area contributed by atoms with Crippen molar-refractivity contribution in [2.24, 2.45) is 0 Å². The molecule has 3 rings (SSSR count). The maximum atomic E-state index is 11.2. The number of carbonyl (C=O) groups is 1. The second-order valence-electron chi connectivity index (χ2n) is 4.81. The van der Waals surface area contributed by atoms with Gasteiger partial charge in [0.2, 0.25) is 0 Å². The van der Waals surface area contributed by atoms with Gasteiger partial charge in [0.15, 0.2) is 0 Å². The lowest BCUT2D eigenvalue weighted by Gasteiger charge is -2.00. The molecule has 116 valence electrons. The quantitative estimate of drug-likeness (QED) is 0.386. The van der Waals surface area contributed by atoms with Gasteiger partial charge in [0, 0.05) is 17.2 Å². The monoisotopic (exact) mass is 346 g/mol. The van der Waals surface area contributed by atoms with Gasteiger partial charge in [-0.25, -0.2) is 0 Å². The van der Waals surface area contributed by atoms with E-state index in [4.69, 9.17) is 16.6 Å². The molecule has 0 bridgehead atoms. The van der Waals surface area contributed by atoms with E-state index in [0.717, 1.165) is 17.3 Å². The molecule has 6 nitrogen and oxygen atoms in total. The Morgan fingerprint density at radius 2 is 2.13 bits per heavy atom. The predicted octanol–water partition coefficient (Wildman–Crippen LogP) is 4.29. The molecule has 0 aliphatic carbocycles. The summed E-state index contributed by atoms with van der Waals surface area (Å²) in [6.45, 7) is 1.68. The zero-order chi connectivity index (χ0) is 16.6. The van der Waals surface area contributed by atoms with E-state index in [1.54, 1.807) is 37.3 Å². The summed E-state index contributed by atoms with van der Waals surface area (Å²) in [7, 11) is 0. The summed E-state index contributed by atoms with van der Waals surface area (Å²) < 4.78 is 5.71. The van der Waals surface area contributed by atoms with E-state index >= 15 is 0 Å². The first-order valence-electron chi connectivity index (χ1n) is 6.54. The van der Waals surface area contributed by atoms with Crippen LogP contribution in [0.15, 0.2) is 39.7 Å². The Hall–Kier alpha value is -2.45. The second-order valence-corrected chi connectivity index (χ2v) is 6.24. The summed E-state index contributed by atoms with van der Waals surface area (Å²) >= 11 is 6.06. The van der Waals surface area contributed by atoms with E-state index in [0.29, 0.717) is 27.0 Å². The van der Waals surface area contributed by atoms with Gasteiger partial charge in [-0.1, -0.05) is 12.2 Å². The number of nitrogens with one attached hydrogen (secondary N) is 1. The SMILES string of the molecule is Cc1cc(-c2ccc(C=C3SC(=O)NC3=S)o2)ccc1[N+](=O)[O-]. The molecule has 0 saturated carbocycles. The Kier molecular flexibility index (Phi) is 4.01. The predicted molar refractivity (Wildman–Crippen MR) is 92.2 cm³/mol. The first-order valence-corrected chi connectivity index (χ1v) is 7.76. The molecule has 1 amide bonds. The molecule has 1 saturated heterocycles. The highest BCUT2D eigenvalue weighted by Gasteiger charge is 2.22. The molecule has 1 aliphatic heterocycles. The third kappa shape index (κ3) is 3.17. The summed E-state index contributed by atoms with van der Waals surface area (Å²) in [5.41, 5.74) is 1.37. The molecular weight excluding hydrogens is 336 g/mol. The average molecular weight is 346 g/mol. The molecular formula is C15H10N2O4S2. The van der Waals surface area contributed by atoms with Crippen molar-refractivity contribution < 1.29 is 14.1 Å². The van der Waals surface area contributed by atoms with Crippen LogP contribution in [0.1, 0.15) is 11.3 Å². The van der Waals surface area contributed by atoms with Gasteiger partial charge in [-0.15, -0.1) is 0 Å². The largest absolute Gasteiger partial charge is 0.457 e. The minimum atomic E-state index is -0.417. The summed E-state index contributed by atoms with van der Waals surface area (Å²) in [5.74, 6) is 1.14. The van der Waals surface area contributed by atoms with Gasteiger partial charge in [0.1, 0.15) is 16.5 Å². The van der Waals surface area contributed by atoms with Crippen molar-refractivity contribution in [2.75, 3.05) is 0 Å². The van der Waals surface area contributed by atoms with Crippen molar-refractivity contribution in [1.29, 1.82) is 0 Å². The van der Waals surface area contributed by atoms with Crippen molar-refractivity contribution in [2.45, 2.75) is 6.92 Å². The number of benzene rings is 1. The number of thioether (sulfide) groups is 1. The number of nitro groups is 1. The minimum Gasteiger partial charge on any atom is -0.457 e. The minimum absolute atomic E-state index is 0.0694. The molecule has 2 heterocycles. The standard InChI is InChI=1S/C15H10N2O4S2/c1-8-6-9(2-4-11(8)17(19)20)12-5-3-10(21-12)7-13-14(22)16-15(18)23-13/h2-7H,1H3,(H,16,18,22). The topological polar surface area (TPSA) is 85.4 Å². The van der Waals surface area contributed by atoms with Crippen LogP contribution in [0.2, 0.25) is 0 Å². The fourth-order valence-electron chi connectivity index (χ4n) is 2.15. The number of amides is 1. The normalized spacial score (nSPS) is 16.0. The van der Waals surface area contributed by atoms with Gasteiger partial charge in [0.25, 0.3) is 10.9 Å². The second kappa shape index (κ2) is 5.98. The average Bonchev–Trinajstić information content (AvgIpc) is 3.06. The molecule has 0 spiro atoms. The number of rotatable bonds is 3. The van der Waals surface area contributed by atoms with Crippen molar-refractivity contribution in [3.05, 3.63) is 56.7 Å². The first-order chi connectivity index (χ1) is 10.9. The zero-order valence-corrected chi connectivity index (χ0v) is 13.5. The molecule has 0 radical (unpaired) electrons. The van der Waals surface area contributed by atoms with Gasteiger partial charge in [0.05, 0.1) is 9.83 Å². The fourth-order valence-corrected chi connectivity index (χ4v) is 3.16. The Morgan fingerprint density at radius 3 is 2.74 bits per heavy atom. The highest BCUT2D eigenvalue weighted by Crippen LogP contribution is 2.30. The molecule has 0 unspecified atom stereocenters. The Morgan fingerprint density at radius 1 is 1.35 bits per heavy atom. The Balaban J connectivity index is 1.89. The van der Waals surface area contributed by atoms with Crippen LogP contribution in [0.3, 0.4) is 0 Å². The number of hydrogen-bond donors (Lipinski definition) is 1. The van der Waals surface area contributed by atoms with Gasteiger partial charge >= 0.3 is 0 Å². The zero-order valence-electron chi connectivity index (χ0n) is 11.9. The molecule has 1 aromatic heterocycles. The van der Waals surface area contributed by atoms with Crippen molar-refractivity contribution >= 4 is 46.0 Å². The Labute approximate surface area is 140 Å². The number of carbonyl (C=O) groups excluding carboxylic acids is 1. The van der Waals surface area contributed by atoms with E-state index in [1.165, 1.54) is 6.07 Å². The summed E-state index contributed by atoms with van der Waals surface area (Å²) in [5, 5.41) is 13.2. The molecule has 1 aliphatic rings. The summed E-state index contributed by atoms with van der Waals surface area (Å²) in [6, 6.07) is 8.32. The number of nitrogens with zero attached hydrogens (tertiary/aromatic N) is 1. The lowest BCUT2D eigenvalue weighted by atomic mass is 10.1. The van der Waals surface area contributed by atoms with Crippen LogP contribution < -0.4 is 5.32 Å². The van der Waals surface area contributed by atoms with E-state index in [9.17, 15) is 14.9 Å². The molecule has 8 heteroatoms. The number of thiocarbonyl (C=S) groups is 1. The third-order valence-electron chi connectivity index (χ3n) is 3.22. The lowest BCUT2D eigenvalue weighted by molar-refractivity contribution is -0.385. The van der Waals surface area contributed by atoms with E-state index < -0.39 is 4.92 Å². The smallest absolute Gasteiger partial charge is 0.289 e.